The fourth-order valence-corrected chi connectivity index (χ4v) is 1.70. The molecule has 0 saturated carbocycles. The second kappa shape index (κ2) is 4.18. The van der Waals surface area contributed by atoms with Crippen molar-refractivity contribution in [3.05, 3.63) is 54.1 Å². The van der Waals surface area contributed by atoms with E-state index in [1.165, 1.54) is 0 Å². The van der Waals surface area contributed by atoms with Crippen molar-refractivity contribution in [1.29, 1.82) is 0 Å². The first-order chi connectivity index (χ1) is 7.70. The lowest BCUT2D eigenvalue weighted by Gasteiger charge is -2.15. The molecule has 16 heavy (non-hydrogen) atoms. The number of carboxylic acid groups (broad SMARTS) is 1. The first-order valence-electron chi connectivity index (χ1n) is 5.00. The summed E-state index contributed by atoms with van der Waals surface area (Å²) in [5.41, 5.74) is 1.28. The van der Waals surface area contributed by atoms with Gasteiger partial charge in [-0.3, -0.25) is 4.98 Å². The summed E-state index contributed by atoms with van der Waals surface area (Å²) in [5.74, 6) is -0.916. The Hall–Kier alpha value is -2.10. The number of aromatic nitrogens is 2. The van der Waals surface area contributed by atoms with Crippen LogP contribution in [0.2, 0.25) is 0 Å². The zero-order chi connectivity index (χ0) is 11.5. The van der Waals surface area contributed by atoms with Crippen LogP contribution in [0.15, 0.2) is 42.9 Å². The van der Waals surface area contributed by atoms with Crippen LogP contribution in [0, 0.1) is 0 Å². The summed E-state index contributed by atoms with van der Waals surface area (Å²) in [4.78, 5) is 15.0. The van der Waals surface area contributed by atoms with Crippen molar-refractivity contribution < 1.29 is 9.90 Å². The van der Waals surface area contributed by atoms with Crippen LogP contribution in [0.4, 0.5) is 0 Å². The van der Waals surface area contributed by atoms with Gasteiger partial charge in [-0.1, -0.05) is 6.07 Å². The van der Waals surface area contributed by atoms with E-state index in [1.807, 2.05) is 19.1 Å². The lowest BCUT2D eigenvalue weighted by molar-refractivity contribution is 0.0684. The van der Waals surface area contributed by atoms with Crippen LogP contribution in [0.5, 0.6) is 0 Å². The molecule has 2 aromatic heterocycles. The van der Waals surface area contributed by atoms with E-state index in [1.54, 1.807) is 35.3 Å². The molecule has 2 rings (SSSR count). The molecule has 0 amide bonds. The van der Waals surface area contributed by atoms with E-state index in [2.05, 4.69) is 4.98 Å². The van der Waals surface area contributed by atoms with E-state index in [-0.39, 0.29) is 11.7 Å². The SMILES string of the molecule is CC(c1cccnc1)n1cccc1C(=O)O. The van der Waals surface area contributed by atoms with Crippen LogP contribution >= 0.6 is 0 Å². The first-order valence-corrected chi connectivity index (χ1v) is 5.00. The molecule has 2 aromatic rings. The summed E-state index contributed by atoms with van der Waals surface area (Å²) in [6.45, 7) is 1.95. The van der Waals surface area contributed by atoms with E-state index in [9.17, 15) is 4.79 Å². The van der Waals surface area contributed by atoms with Gasteiger partial charge in [0.2, 0.25) is 0 Å². The Balaban J connectivity index is 2.38. The summed E-state index contributed by atoms with van der Waals surface area (Å²) in [6.07, 6.45) is 5.21. The predicted molar refractivity (Wildman–Crippen MR) is 59.4 cm³/mol. The number of hydrogen-bond donors (Lipinski definition) is 1. The molecule has 0 spiro atoms. The number of hydrogen-bond acceptors (Lipinski definition) is 2. The Bertz CT molecular complexity index is 491. The molecule has 82 valence electrons. The summed E-state index contributed by atoms with van der Waals surface area (Å²) >= 11 is 0. The Morgan fingerprint density at radius 1 is 1.44 bits per heavy atom. The van der Waals surface area contributed by atoms with E-state index < -0.39 is 5.97 Å². The molecular weight excluding hydrogens is 204 g/mol. The highest BCUT2D eigenvalue weighted by molar-refractivity contribution is 5.85. The normalized spacial score (nSPS) is 12.3. The highest BCUT2D eigenvalue weighted by Gasteiger charge is 2.14. The van der Waals surface area contributed by atoms with Gasteiger partial charge in [-0.15, -0.1) is 0 Å². The maximum atomic E-state index is 11.0. The highest BCUT2D eigenvalue weighted by atomic mass is 16.4. The minimum absolute atomic E-state index is 0.0326. The monoisotopic (exact) mass is 216 g/mol. The molecule has 4 nitrogen and oxygen atoms in total. The minimum atomic E-state index is -0.916. The van der Waals surface area contributed by atoms with Gasteiger partial charge in [0.05, 0.1) is 6.04 Å². The molecule has 2 heterocycles. The first kappa shape index (κ1) is 10.4. The van der Waals surface area contributed by atoms with Crippen molar-refractivity contribution in [3.8, 4) is 0 Å². The van der Waals surface area contributed by atoms with Crippen LogP contribution in [0.1, 0.15) is 29.0 Å². The van der Waals surface area contributed by atoms with Crippen LogP contribution in [0.25, 0.3) is 0 Å². The van der Waals surface area contributed by atoms with E-state index >= 15 is 0 Å². The molecule has 1 N–H and O–H groups in total. The van der Waals surface area contributed by atoms with Gasteiger partial charge in [-0.05, 0) is 30.7 Å². The van der Waals surface area contributed by atoms with E-state index in [4.69, 9.17) is 5.11 Å². The molecule has 0 fully saturated rings. The third-order valence-corrected chi connectivity index (χ3v) is 2.58. The Morgan fingerprint density at radius 3 is 2.88 bits per heavy atom. The number of carbonyl (C=O) groups is 1. The molecule has 0 aliphatic heterocycles. The molecule has 1 atom stereocenters. The Kier molecular flexibility index (Phi) is 2.72. The largest absolute Gasteiger partial charge is 0.477 e. The van der Waals surface area contributed by atoms with Crippen LogP contribution in [-0.4, -0.2) is 20.6 Å². The summed E-state index contributed by atoms with van der Waals surface area (Å²) < 4.78 is 1.72. The quantitative estimate of drug-likeness (QED) is 0.855. The average Bonchev–Trinajstić information content (AvgIpc) is 2.78. The molecule has 1 unspecified atom stereocenters. The molecule has 0 aliphatic rings. The summed E-state index contributed by atoms with van der Waals surface area (Å²) in [7, 11) is 0. The maximum Gasteiger partial charge on any atom is 0.352 e. The third-order valence-electron chi connectivity index (χ3n) is 2.58. The number of nitrogens with zero attached hydrogens (tertiary/aromatic N) is 2. The van der Waals surface area contributed by atoms with Crippen LogP contribution in [0.3, 0.4) is 0 Å². The van der Waals surface area contributed by atoms with Crippen molar-refractivity contribution in [1.82, 2.24) is 9.55 Å². The molecule has 4 heteroatoms. The van der Waals surface area contributed by atoms with E-state index in [0.29, 0.717) is 0 Å². The minimum Gasteiger partial charge on any atom is -0.477 e. The predicted octanol–water partition coefficient (Wildman–Crippen LogP) is 2.19. The Morgan fingerprint density at radius 2 is 2.25 bits per heavy atom. The zero-order valence-electron chi connectivity index (χ0n) is 8.87. The molecule has 0 saturated heterocycles. The topological polar surface area (TPSA) is 55.1 Å². The number of rotatable bonds is 3. The van der Waals surface area contributed by atoms with Gasteiger partial charge in [-0.2, -0.15) is 0 Å². The van der Waals surface area contributed by atoms with Crippen molar-refractivity contribution in [3.63, 3.8) is 0 Å². The van der Waals surface area contributed by atoms with Crippen LogP contribution < -0.4 is 0 Å². The highest BCUT2D eigenvalue weighted by Crippen LogP contribution is 2.19. The molecule has 0 radical (unpaired) electrons. The fraction of sp³-hybridized carbons (Fsp3) is 0.167. The molecule has 0 bridgehead atoms. The van der Waals surface area contributed by atoms with Gasteiger partial charge in [0.15, 0.2) is 0 Å². The van der Waals surface area contributed by atoms with Gasteiger partial charge in [0, 0.05) is 18.6 Å². The number of carboxylic acids is 1. The Labute approximate surface area is 93.2 Å². The van der Waals surface area contributed by atoms with Gasteiger partial charge in [0.1, 0.15) is 5.69 Å². The second-order valence-electron chi connectivity index (χ2n) is 3.57. The molecular formula is C12H12N2O2. The number of aromatic carboxylic acids is 1. The van der Waals surface area contributed by atoms with Crippen molar-refractivity contribution in [2.75, 3.05) is 0 Å². The van der Waals surface area contributed by atoms with Gasteiger partial charge >= 0.3 is 5.97 Å². The van der Waals surface area contributed by atoms with Crippen molar-refractivity contribution in [2.24, 2.45) is 0 Å². The molecule has 0 aromatic carbocycles. The summed E-state index contributed by atoms with van der Waals surface area (Å²) in [5, 5.41) is 9.01. The zero-order valence-corrected chi connectivity index (χ0v) is 8.87. The van der Waals surface area contributed by atoms with Gasteiger partial charge < -0.3 is 9.67 Å². The average molecular weight is 216 g/mol. The maximum absolute atomic E-state index is 11.0. The standard InChI is InChI=1S/C12H12N2O2/c1-9(10-4-2-6-13-8-10)14-7-3-5-11(14)12(15)16/h2-9H,1H3,(H,15,16). The van der Waals surface area contributed by atoms with Crippen LogP contribution in [-0.2, 0) is 0 Å². The fourth-order valence-electron chi connectivity index (χ4n) is 1.70. The second-order valence-corrected chi connectivity index (χ2v) is 3.57. The molecule has 0 aliphatic carbocycles. The van der Waals surface area contributed by atoms with E-state index in [0.717, 1.165) is 5.56 Å². The smallest absolute Gasteiger partial charge is 0.352 e. The number of pyridine rings is 1. The lowest BCUT2D eigenvalue weighted by atomic mass is 10.1. The lowest BCUT2D eigenvalue weighted by Crippen LogP contribution is -2.12. The van der Waals surface area contributed by atoms with Crippen molar-refractivity contribution >= 4 is 5.97 Å². The summed E-state index contributed by atoms with van der Waals surface area (Å²) in [6, 6.07) is 7.07. The third kappa shape index (κ3) is 1.82. The van der Waals surface area contributed by atoms with Gasteiger partial charge in [0.25, 0.3) is 0 Å². The van der Waals surface area contributed by atoms with Crippen molar-refractivity contribution in [2.45, 2.75) is 13.0 Å². The van der Waals surface area contributed by atoms with Gasteiger partial charge in [-0.25, -0.2) is 4.79 Å².